The lowest BCUT2D eigenvalue weighted by Crippen LogP contribution is -2.38. The van der Waals surface area contributed by atoms with Crippen LogP contribution in [0.5, 0.6) is 0 Å². The minimum absolute atomic E-state index is 0.0552. The van der Waals surface area contributed by atoms with Crippen molar-refractivity contribution in [3.8, 4) is 0 Å². The maximum Gasteiger partial charge on any atom is 0.316 e. The van der Waals surface area contributed by atoms with Crippen LogP contribution < -0.4 is 10.6 Å². The number of amides is 2. The molecule has 2 amide bonds. The Morgan fingerprint density at radius 1 is 1.42 bits per heavy atom. The highest BCUT2D eigenvalue weighted by molar-refractivity contribution is 6.30. The third kappa shape index (κ3) is 3.61. The van der Waals surface area contributed by atoms with Gasteiger partial charge in [0.1, 0.15) is 0 Å². The van der Waals surface area contributed by atoms with E-state index in [0.717, 1.165) is 24.4 Å². The highest BCUT2D eigenvalue weighted by Gasteiger charge is 2.21. The number of carbonyl (C=O) groups is 1. The van der Waals surface area contributed by atoms with Crippen molar-refractivity contribution in [1.82, 2.24) is 15.5 Å². The summed E-state index contributed by atoms with van der Waals surface area (Å²) < 4.78 is 0. The van der Waals surface area contributed by atoms with E-state index in [0.29, 0.717) is 12.6 Å². The van der Waals surface area contributed by atoms with Gasteiger partial charge in [0, 0.05) is 38.2 Å². The maximum atomic E-state index is 11.3. The molecule has 2 rings (SSSR count). The van der Waals surface area contributed by atoms with E-state index >= 15 is 0 Å². The molecule has 0 bridgehead atoms. The Balaban J connectivity index is 1.79. The lowest BCUT2D eigenvalue weighted by molar-refractivity contribution is 0.217. The van der Waals surface area contributed by atoms with Crippen LogP contribution in [0.3, 0.4) is 0 Å². The Kier molecular flexibility index (Phi) is 4.66. The molecule has 0 fully saturated rings. The number of rotatable bonds is 4. The van der Waals surface area contributed by atoms with Gasteiger partial charge in [-0.15, -0.1) is 0 Å². The Hall–Kier alpha value is -1.26. The molecule has 4 nitrogen and oxygen atoms in total. The standard InChI is InChI=1S/C14H20ClN3O/c1-18(2)14(19)17-8-7-16-13-6-3-10-9-11(15)4-5-12(10)13/h4-5,9,13,16H,3,6-8H2,1-2H3,(H,17,19). The molecule has 0 heterocycles. The second-order valence-electron chi connectivity index (χ2n) is 5.01. The number of benzene rings is 1. The molecule has 0 radical (unpaired) electrons. The quantitative estimate of drug-likeness (QED) is 0.831. The second-order valence-corrected chi connectivity index (χ2v) is 5.45. The molecule has 5 heteroatoms. The summed E-state index contributed by atoms with van der Waals surface area (Å²) in [6.07, 6.45) is 2.16. The molecule has 104 valence electrons. The number of nitrogens with zero attached hydrogens (tertiary/aromatic N) is 1. The van der Waals surface area contributed by atoms with Crippen LogP contribution >= 0.6 is 11.6 Å². The van der Waals surface area contributed by atoms with Crippen molar-refractivity contribution >= 4 is 17.6 Å². The van der Waals surface area contributed by atoms with Crippen molar-refractivity contribution in [1.29, 1.82) is 0 Å². The number of fused-ring (bicyclic) bond motifs is 1. The average molecular weight is 282 g/mol. The van der Waals surface area contributed by atoms with Gasteiger partial charge in [-0.1, -0.05) is 17.7 Å². The third-order valence-corrected chi connectivity index (χ3v) is 3.62. The summed E-state index contributed by atoms with van der Waals surface area (Å²) in [5.74, 6) is 0. The summed E-state index contributed by atoms with van der Waals surface area (Å²) in [5.41, 5.74) is 2.67. The molecule has 1 aliphatic carbocycles. The molecule has 1 aromatic carbocycles. The minimum atomic E-state index is -0.0552. The van der Waals surface area contributed by atoms with Crippen molar-refractivity contribution in [2.24, 2.45) is 0 Å². The van der Waals surface area contributed by atoms with Crippen molar-refractivity contribution in [2.75, 3.05) is 27.2 Å². The summed E-state index contributed by atoms with van der Waals surface area (Å²) in [6.45, 7) is 1.41. The number of hydrogen-bond donors (Lipinski definition) is 2. The van der Waals surface area contributed by atoms with E-state index in [2.05, 4.69) is 16.7 Å². The summed E-state index contributed by atoms with van der Waals surface area (Å²) in [7, 11) is 3.47. The van der Waals surface area contributed by atoms with Crippen molar-refractivity contribution in [2.45, 2.75) is 18.9 Å². The number of aryl methyl sites for hydroxylation is 1. The highest BCUT2D eigenvalue weighted by atomic mass is 35.5. The molecule has 0 aliphatic heterocycles. The zero-order chi connectivity index (χ0) is 13.8. The van der Waals surface area contributed by atoms with Gasteiger partial charge in [0.2, 0.25) is 0 Å². The molecule has 1 aromatic rings. The number of halogens is 1. The third-order valence-electron chi connectivity index (χ3n) is 3.38. The molecule has 1 unspecified atom stereocenters. The Morgan fingerprint density at radius 2 is 2.21 bits per heavy atom. The topological polar surface area (TPSA) is 44.4 Å². The monoisotopic (exact) mass is 281 g/mol. The molecule has 1 atom stereocenters. The fraction of sp³-hybridized carbons (Fsp3) is 0.500. The van der Waals surface area contributed by atoms with Crippen LogP contribution in [0.1, 0.15) is 23.6 Å². The zero-order valence-corrected chi connectivity index (χ0v) is 12.1. The van der Waals surface area contributed by atoms with Gasteiger partial charge < -0.3 is 15.5 Å². The fourth-order valence-electron chi connectivity index (χ4n) is 2.37. The van der Waals surface area contributed by atoms with Gasteiger partial charge in [-0.25, -0.2) is 4.79 Å². The van der Waals surface area contributed by atoms with Gasteiger partial charge in [0.05, 0.1) is 0 Å². The van der Waals surface area contributed by atoms with Crippen LogP contribution in [0, 0.1) is 0 Å². The first-order valence-corrected chi connectivity index (χ1v) is 6.92. The minimum Gasteiger partial charge on any atom is -0.337 e. The van der Waals surface area contributed by atoms with Crippen LogP contribution in [-0.4, -0.2) is 38.1 Å². The van der Waals surface area contributed by atoms with E-state index < -0.39 is 0 Å². The molecular formula is C14H20ClN3O. The van der Waals surface area contributed by atoms with Gasteiger partial charge in [-0.3, -0.25) is 0 Å². The highest BCUT2D eigenvalue weighted by Crippen LogP contribution is 2.32. The number of urea groups is 1. The largest absolute Gasteiger partial charge is 0.337 e. The van der Waals surface area contributed by atoms with Gasteiger partial charge in [-0.2, -0.15) is 0 Å². The van der Waals surface area contributed by atoms with E-state index in [1.807, 2.05) is 12.1 Å². The molecule has 0 aromatic heterocycles. The molecule has 0 spiro atoms. The van der Waals surface area contributed by atoms with E-state index in [1.165, 1.54) is 16.0 Å². The van der Waals surface area contributed by atoms with Gasteiger partial charge in [0.25, 0.3) is 0 Å². The molecule has 0 saturated carbocycles. The van der Waals surface area contributed by atoms with Crippen LogP contribution in [0.15, 0.2) is 18.2 Å². The number of nitrogens with one attached hydrogen (secondary N) is 2. The van der Waals surface area contributed by atoms with Crippen LogP contribution in [0.4, 0.5) is 4.79 Å². The van der Waals surface area contributed by atoms with E-state index in [9.17, 15) is 4.79 Å². The number of carbonyl (C=O) groups excluding carboxylic acids is 1. The Labute approximate surface area is 119 Å². The first kappa shape index (κ1) is 14.2. The molecule has 19 heavy (non-hydrogen) atoms. The SMILES string of the molecule is CN(C)C(=O)NCCNC1CCc2cc(Cl)ccc21. The average Bonchev–Trinajstić information content (AvgIpc) is 2.76. The molecule has 0 saturated heterocycles. The van der Waals surface area contributed by atoms with E-state index in [1.54, 1.807) is 14.1 Å². The van der Waals surface area contributed by atoms with Crippen molar-refractivity contribution in [3.05, 3.63) is 34.3 Å². The first-order valence-electron chi connectivity index (χ1n) is 6.55. The zero-order valence-electron chi connectivity index (χ0n) is 11.4. The summed E-state index contributed by atoms with van der Waals surface area (Å²) in [6, 6.07) is 6.41. The van der Waals surface area contributed by atoms with Crippen LogP contribution in [-0.2, 0) is 6.42 Å². The van der Waals surface area contributed by atoms with Crippen LogP contribution in [0.2, 0.25) is 5.02 Å². The van der Waals surface area contributed by atoms with Crippen molar-refractivity contribution < 1.29 is 4.79 Å². The van der Waals surface area contributed by atoms with Crippen LogP contribution in [0.25, 0.3) is 0 Å². The maximum absolute atomic E-state index is 11.3. The van der Waals surface area contributed by atoms with E-state index in [-0.39, 0.29) is 6.03 Å². The van der Waals surface area contributed by atoms with Gasteiger partial charge in [0.15, 0.2) is 0 Å². The predicted octanol–water partition coefficient (Wildman–Crippen LogP) is 2.19. The lowest BCUT2D eigenvalue weighted by atomic mass is 10.1. The fourth-order valence-corrected chi connectivity index (χ4v) is 2.57. The molecular weight excluding hydrogens is 262 g/mol. The Morgan fingerprint density at radius 3 is 2.95 bits per heavy atom. The van der Waals surface area contributed by atoms with Crippen molar-refractivity contribution in [3.63, 3.8) is 0 Å². The van der Waals surface area contributed by atoms with E-state index in [4.69, 9.17) is 11.6 Å². The second kappa shape index (κ2) is 6.26. The first-order chi connectivity index (χ1) is 9.08. The summed E-state index contributed by atoms with van der Waals surface area (Å²) in [4.78, 5) is 12.9. The number of hydrogen-bond acceptors (Lipinski definition) is 2. The normalized spacial score (nSPS) is 17.1. The molecule has 1 aliphatic rings. The molecule has 2 N–H and O–H groups in total. The van der Waals surface area contributed by atoms with Gasteiger partial charge in [-0.05, 0) is 36.1 Å². The predicted molar refractivity (Wildman–Crippen MR) is 77.6 cm³/mol. The van der Waals surface area contributed by atoms with Gasteiger partial charge >= 0.3 is 6.03 Å². The summed E-state index contributed by atoms with van der Waals surface area (Å²) >= 11 is 5.99. The smallest absolute Gasteiger partial charge is 0.316 e. The summed E-state index contributed by atoms with van der Waals surface area (Å²) in [5, 5.41) is 7.12. The lowest BCUT2D eigenvalue weighted by Gasteiger charge is -2.16. The Bertz CT molecular complexity index is 462.